The first-order valence-electron chi connectivity index (χ1n) is 4.44. The van der Waals surface area contributed by atoms with Gasteiger partial charge in [-0.3, -0.25) is 0 Å². The van der Waals surface area contributed by atoms with E-state index in [1.807, 2.05) is 0 Å². The van der Waals surface area contributed by atoms with E-state index in [1.54, 1.807) is 0 Å². The first kappa shape index (κ1) is 9.05. The molecule has 0 fully saturated rings. The highest BCUT2D eigenvalue weighted by atomic mass is 14.1. The third-order valence-corrected chi connectivity index (χ3v) is 2.03. The molecule has 0 nitrogen and oxygen atoms in total. The van der Waals surface area contributed by atoms with E-state index in [-0.39, 0.29) is 0 Å². The van der Waals surface area contributed by atoms with E-state index in [1.165, 1.54) is 11.1 Å². The van der Waals surface area contributed by atoms with Gasteiger partial charge in [0.1, 0.15) is 0 Å². The zero-order valence-electron chi connectivity index (χ0n) is 8.04. The molecule has 0 amide bonds. The Morgan fingerprint density at radius 2 is 1.50 bits per heavy atom. The van der Waals surface area contributed by atoms with Gasteiger partial charge in [-0.25, -0.2) is 0 Å². The summed E-state index contributed by atoms with van der Waals surface area (Å²) >= 11 is 0. The first-order valence-corrected chi connectivity index (χ1v) is 4.44. The summed E-state index contributed by atoms with van der Waals surface area (Å²) in [5, 5.41) is 0. The molecule has 0 radical (unpaired) electrons. The SMILES string of the molecule is CC1=C(C(C)C)C=CC=CC=C1. The van der Waals surface area contributed by atoms with Gasteiger partial charge in [0, 0.05) is 0 Å². The highest BCUT2D eigenvalue weighted by Gasteiger charge is 2.01. The smallest absolute Gasteiger partial charge is 0.0216 e. The topological polar surface area (TPSA) is 0 Å². The predicted octanol–water partition coefficient (Wildman–Crippen LogP) is 3.64. The fourth-order valence-corrected chi connectivity index (χ4v) is 1.36. The second kappa shape index (κ2) is 4.10. The Balaban J connectivity index is 2.99. The van der Waals surface area contributed by atoms with E-state index in [0.717, 1.165) is 0 Å². The minimum atomic E-state index is 0.609. The molecule has 0 N–H and O–H groups in total. The molecular weight excluding hydrogens is 144 g/mol. The Labute approximate surface area is 75.0 Å². The summed E-state index contributed by atoms with van der Waals surface area (Å²) in [5.41, 5.74) is 2.79. The molecular formula is C12H16. The number of hydrogen-bond donors (Lipinski definition) is 0. The van der Waals surface area contributed by atoms with E-state index in [4.69, 9.17) is 0 Å². The van der Waals surface area contributed by atoms with Crippen molar-refractivity contribution in [3.05, 3.63) is 47.6 Å². The van der Waals surface area contributed by atoms with Crippen molar-refractivity contribution in [3.8, 4) is 0 Å². The minimum absolute atomic E-state index is 0.609. The molecule has 0 aliphatic heterocycles. The Bertz CT molecular complexity index is 260. The monoisotopic (exact) mass is 160 g/mol. The van der Waals surface area contributed by atoms with E-state index in [9.17, 15) is 0 Å². The summed E-state index contributed by atoms with van der Waals surface area (Å²) in [6.07, 6.45) is 12.7. The van der Waals surface area contributed by atoms with Gasteiger partial charge in [0.15, 0.2) is 0 Å². The molecule has 0 heterocycles. The Morgan fingerprint density at radius 3 is 2.08 bits per heavy atom. The third kappa shape index (κ3) is 2.23. The lowest BCUT2D eigenvalue weighted by molar-refractivity contribution is 0.783. The molecule has 0 saturated carbocycles. The molecule has 0 saturated heterocycles. The quantitative estimate of drug-likeness (QED) is 0.549. The lowest BCUT2D eigenvalue weighted by Gasteiger charge is -2.09. The largest absolute Gasteiger partial charge is 0.0623 e. The number of rotatable bonds is 1. The zero-order valence-corrected chi connectivity index (χ0v) is 8.04. The Hall–Kier alpha value is -1.04. The van der Waals surface area contributed by atoms with Crippen LogP contribution in [0.3, 0.4) is 0 Å². The van der Waals surface area contributed by atoms with E-state index in [2.05, 4.69) is 57.2 Å². The van der Waals surface area contributed by atoms with Gasteiger partial charge in [0.05, 0.1) is 0 Å². The van der Waals surface area contributed by atoms with E-state index in [0.29, 0.717) is 5.92 Å². The van der Waals surface area contributed by atoms with Gasteiger partial charge in [-0.15, -0.1) is 0 Å². The van der Waals surface area contributed by atoms with Gasteiger partial charge >= 0.3 is 0 Å². The van der Waals surface area contributed by atoms with Crippen molar-refractivity contribution in [1.82, 2.24) is 0 Å². The Morgan fingerprint density at radius 1 is 0.917 bits per heavy atom. The standard InChI is InChI=1S/C12H16/c1-10(2)12-9-7-5-4-6-8-11(12)3/h4-10H,1-3H3. The third-order valence-electron chi connectivity index (χ3n) is 2.03. The van der Waals surface area contributed by atoms with Gasteiger partial charge in [-0.1, -0.05) is 50.3 Å². The van der Waals surface area contributed by atoms with Crippen LogP contribution in [0.2, 0.25) is 0 Å². The molecule has 0 aromatic rings. The molecule has 0 heteroatoms. The van der Waals surface area contributed by atoms with Crippen LogP contribution in [0.5, 0.6) is 0 Å². The maximum atomic E-state index is 2.22. The number of hydrogen-bond acceptors (Lipinski definition) is 0. The van der Waals surface area contributed by atoms with Gasteiger partial charge in [0.25, 0.3) is 0 Å². The lowest BCUT2D eigenvalue weighted by atomic mass is 9.96. The summed E-state index contributed by atoms with van der Waals surface area (Å²) in [5.74, 6) is 0.609. The number of allylic oxidation sites excluding steroid dienone is 8. The summed E-state index contributed by atoms with van der Waals surface area (Å²) < 4.78 is 0. The van der Waals surface area contributed by atoms with Crippen LogP contribution in [0.25, 0.3) is 0 Å². The van der Waals surface area contributed by atoms with Crippen LogP contribution < -0.4 is 0 Å². The van der Waals surface area contributed by atoms with Crippen LogP contribution in [0.1, 0.15) is 20.8 Å². The van der Waals surface area contributed by atoms with Crippen molar-refractivity contribution in [1.29, 1.82) is 0 Å². The second-order valence-electron chi connectivity index (χ2n) is 3.40. The molecule has 0 spiro atoms. The normalized spacial score (nSPS) is 17.0. The van der Waals surface area contributed by atoms with Crippen molar-refractivity contribution in [2.45, 2.75) is 20.8 Å². The highest BCUT2D eigenvalue weighted by Crippen LogP contribution is 2.18. The molecule has 12 heavy (non-hydrogen) atoms. The van der Waals surface area contributed by atoms with Crippen molar-refractivity contribution in [3.63, 3.8) is 0 Å². The predicted molar refractivity (Wildman–Crippen MR) is 55.0 cm³/mol. The second-order valence-corrected chi connectivity index (χ2v) is 3.40. The van der Waals surface area contributed by atoms with Crippen LogP contribution in [-0.2, 0) is 0 Å². The maximum absolute atomic E-state index is 2.22. The molecule has 0 aromatic carbocycles. The summed E-state index contributed by atoms with van der Waals surface area (Å²) in [6.45, 7) is 6.61. The van der Waals surface area contributed by atoms with Crippen molar-refractivity contribution < 1.29 is 0 Å². The van der Waals surface area contributed by atoms with Gasteiger partial charge in [0.2, 0.25) is 0 Å². The summed E-state index contributed by atoms with van der Waals surface area (Å²) in [7, 11) is 0. The van der Waals surface area contributed by atoms with Crippen LogP contribution in [0.15, 0.2) is 47.6 Å². The van der Waals surface area contributed by atoms with Crippen molar-refractivity contribution in [2.75, 3.05) is 0 Å². The average Bonchev–Trinajstić information content (AvgIpc) is 1.96. The average molecular weight is 160 g/mol. The van der Waals surface area contributed by atoms with Crippen LogP contribution >= 0.6 is 0 Å². The Kier molecular flexibility index (Phi) is 3.09. The van der Waals surface area contributed by atoms with Gasteiger partial charge in [-0.2, -0.15) is 0 Å². The maximum Gasteiger partial charge on any atom is -0.0216 e. The fraction of sp³-hybridized carbons (Fsp3) is 0.333. The summed E-state index contributed by atoms with van der Waals surface area (Å²) in [6, 6.07) is 0. The molecule has 1 aliphatic carbocycles. The van der Waals surface area contributed by atoms with Crippen LogP contribution in [0, 0.1) is 5.92 Å². The van der Waals surface area contributed by atoms with Gasteiger partial charge < -0.3 is 0 Å². The van der Waals surface area contributed by atoms with Crippen molar-refractivity contribution in [2.24, 2.45) is 5.92 Å². The van der Waals surface area contributed by atoms with Crippen molar-refractivity contribution >= 4 is 0 Å². The lowest BCUT2D eigenvalue weighted by Crippen LogP contribution is -1.93. The minimum Gasteiger partial charge on any atom is -0.0623 e. The molecule has 0 bridgehead atoms. The van der Waals surface area contributed by atoms with Crippen LogP contribution in [0.4, 0.5) is 0 Å². The molecule has 0 aromatic heterocycles. The first-order chi connectivity index (χ1) is 5.72. The fourth-order valence-electron chi connectivity index (χ4n) is 1.36. The van der Waals surface area contributed by atoms with Gasteiger partial charge in [-0.05, 0) is 24.0 Å². The van der Waals surface area contributed by atoms with E-state index >= 15 is 0 Å². The molecule has 0 unspecified atom stereocenters. The molecule has 1 rings (SSSR count). The summed E-state index contributed by atoms with van der Waals surface area (Å²) in [4.78, 5) is 0. The van der Waals surface area contributed by atoms with E-state index < -0.39 is 0 Å². The van der Waals surface area contributed by atoms with Crippen LogP contribution in [-0.4, -0.2) is 0 Å². The zero-order chi connectivity index (χ0) is 8.97. The molecule has 0 atom stereocenters. The molecule has 1 aliphatic rings. The highest BCUT2D eigenvalue weighted by molar-refractivity contribution is 5.37. The molecule has 64 valence electrons.